The molecule has 0 unspecified atom stereocenters. The van der Waals surface area contributed by atoms with Crippen molar-refractivity contribution < 1.29 is 9.90 Å². The molecule has 2 N–H and O–H groups in total. The summed E-state index contributed by atoms with van der Waals surface area (Å²) in [5, 5.41) is 13.5. The quantitative estimate of drug-likeness (QED) is 0.0528. The second-order valence-corrected chi connectivity index (χ2v) is 14.4. The number of carbonyl (C=O) groups excluding carboxylic acids is 1. The Morgan fingerprint density at radius 2 is 0.800 bits per heavy atom. The first kappa shape index (κ1) is 44.2. The number of unbranched alkanes of at least 4 members (excludes halogenated alkanes) is 29. The zero-order valence-corrected chi connectivity index (χ0v) is 31.2. The van der Waals surface area contributed by atoms with Crippen molar-refractivity contribution in [3.05, 3.63) is 12.2 Å². The van der Waals surface area contributed by atoms with Crippen LogP contribution in [0.5, 0.6) is 0 Å². The number of amides is 1. The molecule has 0 saturated heterocycles. The van der Waals surface area contributed by atoms with Gasteiger partial charge in [0.25, 0.3) is 0 Å². The summed E-state index contributed by atoms with van der Waals surface area (Å²) in [6, 6.07) is -0.138. The van der Waals surface area contributed by atoms with E-state index in [1.807, 2.05) is 6.92 Å². The molecule has 0 radical (unpaired) electrons. The molecule has 0 aromatic heterocycles. The molecule has 0 aliphatic heterocycles. The summed E-state index contributed by atoms with van der Waals surface area (Å²) < 4.78 is 0. The third-order valence-electron chi connectivity index (χ3n) is 9.73. The molecule has 0 fully saturated rings. The molecular formula is C42H83NO2. The minimum Gasteiger partial charge on any atom is -0.391 e. The molecule has 0 aliphatic carbocycles. The van der Waals surface area contributed by atoms with Crippen molar-refractivity contribution in [1.82, 2.24) is 5.32 Å². The molecule has 1 amide bonds. The first-order valence-electron chi connectivity index (χ1n) is 20.7. The first-order chi connectivity index (χ1) is 22.1. The molecule has 0 bridgehead atoms. The number of aliphatic hydroxyl groups is 1. The fraction of sp³-hybridized carbons (Fsp3) is 0.929. The molecule has 45 heavy (non-hydrogen) atoms. The highest BCUT2D eigenvalue weighted by atomic mass is 16.3. The van der Waals surface area contributed by atoms with Crippen LogP contribution in [-0.2, 0) is 4.79 Å². The van der Waals surface area contributed by atoms with E-state index in [0.717, 1.165) is 25.7 Å². The number of hydrogen-bond donors (Lipinski definition) is 2. The molecule has 3 nitrogen and oxygen atoms in total. The van der Waals surface area contributed by atoms with Crippen molar-refractivity contribution in [2.24, 2.45) is 0 Å². The average molecular weight is 634 g/mol. The lowest BCUT2D eigenvalue weighted by molar-refractivity contribution is -0.122. The molecule has 2 atom stereocenters. The zero-order valence-electron chi connectivity index (χ0n) is 31.2. The molecule has 0 aromatic carbocycles. The molecule has 0 saturated carbocycles. The van der Waals surface area contributed by atoms with Crippen molar-refractivity contribution in [1.29, 1.82) is 0 Å². The molecule has 0 aromatic rings. The van der Waals surface area contributed by atoms with E-state index < -0.39 is 6.10 Å². The van der Waals surface area contributed by atoms with Crippen LogP contribution in [0, 0.1) is 0 Å². The van der Waals surface area contributed by atoms with Crippen LogP contribution in [0.1, 0.15) is 239 Å². The van der Waals surface area contributed by atoms with E-state index in [0.29, 0.717) is 6.42 Å². The maximum Gasteiger partial charge on any atom is 0.220 e. The van der Waals surface area contributed by atoms with Gasteiger partial charge in [-0.25, -0.2) is 0 Å². The SMILES string of the molecule is CCCCCCCCC=CCCCCCCCCCCCCCC(=O)N[C@@H](C)[C@H](O)CCCCCCCCCCCCCCC. The highest BCUT2D eigenvalue weighted by molar-refractivity contribution is 5.76. The summed E-state index contributed by atoms with van der Waals surface area (Å²) in [6.07, 6.45) is 48.5. The van der Waals surface area contributed by atoms with Crippen LogP contribution in [0.3, 0.4) is 0 Å². The van der Waals surface area contributed by atoms with Crippen LogP contribution >= 0.6 is 0 Å². The number of allylic oxidation sites excluding steroid dienone is 2. The summed E-state index contributed by atoms with van der Waals surface area (Å²) in [7, 11) is 0. The van der Waals surface area contributed by atoms with Crippen LogP contribution in [0.2, 0.25) is 0 Å². The van der Waals surface area contributed by atoms with E-state index in [9.17, 15) is 9.90 Å². The van der Waals surface area contributed by atoms with Crippen molar-refractivity contribution in [3.63, 3.8) is 0 Å². The van der Waals surface area contributed by atoms with E-state index >= 15 is 0 Å². The maximum absolute atomic E-state index is 12.3. The molecule has 0 aliphatic rings. The third-order valence-corrected chi connectivity index (χ3v) is 9.73. The number of rotatable bonds is 37. The molecule has 0 rings (SSSR count). The fourth-order valence-electron chi connectivity index (χ4n) is 6.46. The molecule has 268 valence electrons. The topological polar surface area (TPSA) is 49.3 Å². The monoisotopic (exact) mass is 634 g/mol. The van der Waals surface area contributed by atoms with E-state index in [1.165, 1.54) is 186 Å². The Balaban J connectivity index is 3.39. The minimum absolute atomic E-state index is 0.111. The second kappa shape index (κ2) is 37.6. The largest absolute Gasteiger partial charge is 0.391 e. The molecule has 0 heterocycles. The smallest absolute Gasteiger partial charge is 0.220 e. The maximum atomic E-state index is 12.3. The zero-order chi connectivity index (χ0) is 32.9. The third kappa shape index (κ3) is 35.9. The molecule has 3 heteroatoms. The summed E-state index contributed by atoms with van der Waals surface area (Å²) in [5.41, 5.74) is 0. The average Bonchev–Trinajstić information content (AvgIpc) is 3.03. The Morgan fingerprint density at radius 1 is 0.489 bits per heavy atom. The Morgan fingerprint density at radius 3 is 1.18 bits per heavy atom. The standard InChI is InChI=1S/C42H83NO2/c1-4-6-8-10-12-14-16-18-19-20-21-22-23-24-25-27-29-31-33-35-37-39-42(45)43-40(3)41(44)38-36-34-32-30-28-26-17-15-13-11-9-7-5-2/h18-19,40-41,44H,4-17,20-39H2,1-3H3,(H,43,45)/t40-,41+/m0/s1. The van der Waals surface area contributed by atoms with Gasteiger partial charge in [0.1, 0.15) is 0 Å². The van der Waals surface area contributed by atoms with Gasteiger partial charge in [-0.15, -0.1) is 0 Å². The van der Waals surface area contributed by atoms with Gasteiger partial charge in [-0.2, -0.15) is 0 Å². The Kier molecular flexibility index (Phi) is 36.9. The predicted molar refractivity (Wildman–Crippen MR) is 201 cm³/mol. The van der Waals surface area contributed by atoms with E-state index in [4.69, 9.17) is 0 Å². The summed E-state index contributed by atoms with van der Waals surface area (Å²) >= 11 is 0. The summed E-state index contributed by atoms with van der Waals surface area (Å²) in [6.45, 7) is 6.52. The van der Waals surface area contributed by atoms with Crippen LogP contribution in [0.4, 0.5) is 0 Å². The Hall–Kier alpha value is -0.830. The highest BCUT2D eigenvalue weighted by Gasteiger charge is 2.16. The number of aliphatic hydroxyl groups excluding tert-OH is 1. The van der Waals surface area contributed by atoms with Gasteiger partial charge in [0.2, 0.25) is 5.91 Å². The van der Waals surface area contributed by atoms with Gasteiger partial charge in [-0.1, -0.05) is 199 Å². The molecular weight excluding hydrogens is 550 g/mol. The fourth-order valence-corrected chi connectivity index (χ4v) is 6.46. The number of carbonyl (C=O) groups is 1. The van der Waals surface area contributed by atoms with Gasteiger partial charge in [0.15, 0.2) is 0 Å². The first-order valence-corrected chi connectivity index (χ1v) is 20.7. The molecule has 0 spiro atoms. The van der Waals surface area contributed by atoms with Crippen molar-refractivity contribution in [2.75, 3.05) is 0 Å². The predicted octanol–water partition coefficient (Wildman–Crippen LogP) is 13.7. The minimum atomic E-state index is -0.418. The lowest BCUT2D eigenvalue weighted by Gasteiger charge is -2.20. The Labute approximate surface area is 284 Å². The van der Waals surface area contributed by atoms with Gasteiger partial charge in [0.05, 0.1) is 12.1 Å². The van der Waals surface area contributed by atoms with E-state index in [1.54, 1.807) is 0 Å². The Bertz CT molecular complexity index is 604. The van der Waals surface area contributed by atoms with E-state index in [2.05, 4.69) is 31.3 Å². The van der Waals surface area contributed by atoms with Crippen molar-refractivity contribution in [2.45, 2.75) is 251 Å². The number of hydrogen-bond acceptors (Lipinski definition) is 2. The van der Waals surface area contributed by atoms with Gasteiger partial charge in [0, 0.05) is 6.42 Å². The van der Waals surface area contributed by atoms with Gasteiger partial charge >= 0.3 is 0 Å². The van der Waals surface area contributed by atoms with Gasteiger partial charge in [-0.05, 0) is 45.4 Å². The van der Waals surface area contributed by atoms with Crippen molar-refractivity contribution >= 4 is 5.91 Å². The number of nitrogens with one attached hydrogen (secondary N) is 1. The van der Waals surface area contributed by atoms with Crippen LogP contribution in [0.25, 0.3) is 0 Å². The lowest BCUT2D eigenvalue weighted by Crippen LogP contribution is -2.41. The van der Waals surface area contributed by atoms with Crippen molar-refractivity contribution in [3.8, 4) is 0 Å². The van der Waals surface area contributed by atoms with Crippen LogP contribution in [-0.4, -0.2) is 23.2 Å². The van der Waals surface area contributed by atoms with Crippen LogP contribution < -0.4 is 5.32 Å². The van der Waals surface area contributed by atoms with Gasteiger partial charge in [-0.3, -0.25) is 4.79 Å². The highest BCUT2D eigenvalue weighted by Crippen LogP contribution is 2.16. The van der Waals surface area contributed by atoms with Crippen LogP contribution in [0.15, 0.2) is 12.2 Å². The van der Waals surface area contributed by atoms with Gasteiger partial charge < -0.3 is 10.4 Å². The summed E-state index contributed by atoms with van der Waals surface area (Å²) in [5.74, 6) is 0.111. The van der Waals surface area contributed by atoms with E-state index in [-0.39, 0.29) is 11.9 Å². The summed E-state index contributed by atoms with van der Waals surface area (Å²) in [4.78, 5) is 12.3. The second-order valence-electron chi connectivity index (χ2n) is 14.4. The lowest BCUT2D eigenvalue weighted by atomic mass is 10.0. The normalized spacial score (nSPS) is 13.1.